The number of β-amino-alcohol motifs (C(OH)–C–C–N with tert-alkyl or cyclic N) is 1. The monoisotopic (exact) mass is 238 g/mol. The number of carboxylic acids is 1. The van der Waals surface area contributed by atoms with E-state index in [4.69, 9.17) is 9.84 Å². The Morgan fingerprint density at radius 2 is 2.35 bits per heavy atom. The van der Waals surface area contributed by atoms with Crippen LogP contribution in [0.1, 0.15) is 10.4 Å². The number of hydrogen-bond donors (Lipinski definition) is 2. The Kier molecular flexibility index (Phi) is 3.26. The van der Waals surface area contributed by atoms with Gasteiger partial charge in [0.1, 0.15) is 17.5 Å². The van der Waals surface area contributed by atoms with Crippen LogP contribution in [0, 0.1) is 0 Å². The molecule has 0 aromatic carbocycles. The van der Waals surface area contributed by atoms with Crippen molar-refractivity contribution >= 4 is 11.8 Å². The highest BCUT2D eigenvalue weighted by Crippen LogP contribution is 2.23. The van der Waals surface area contributed by atoms with Gasteiger partial charge < -0.3 is 19.8 Å². The van der Waals surface area contributed by atoms with Gasteiger partial charge in [-0.25, -0.2) is 9.78 Å². The Morgan fingerprint density at radius 3 is 2.94 bits per heavy atom. The predicted octanol–water partition coefficient (Wildman–Crippen LogP) is -0.0243. The Balaban J connectivity index is 2.27. The van der Waals surface area contributed by atoms with E-state index in [1.807, 2.05) is 0 Å². The summed E-state index contributed by atoms with van der Waals surface area (Å²) >= 11 is 0. The molecule has 0 bridgehead atoms. The lowest BCUT2D eigenvalue weighted by atomic mass is 10.2. The highest BCUT2D eigenvalue weighted by atomic mass is 16.5. The second-order valence-corrected chi connectivity index (χ2v) is 3.93. The van der Waals surface area contributed by atoms with Crippen LogP contribution in [0.4, 0.5) is 5.82 Å². The van der Waals surface area contributed by atoms with Gasteiger partial charge in [0, 0.05) is 26.4 Å². The third-order valence-electron chi connectivity index (χ3n) is 2.86. The third-order valence-corrected chi connectivity index (χ3v) is 2.86. The summed E-state index contributed by atoms with van der Waals surface area (Å²) in [6, 6.07) is 3.07. The number of aliphatic hydroxyl groups excluding tert-OH is 1. The molecule has 2 rings (SSSR count). The van der Waals surface area contributed by atoms with Crippen molar-refractivity contribution < 1.29 is 19.7 Å². The first-order valence-corrected chi connectivity index (χ1v) is 5.27. The normalized spacial score (nSPS) is 24.0. The zero-order valence-corrected chi connectivity index (χ0v) is 9.41. The molecule has 17 heavy (non-hydrogen) atoms. The van der Waals surface area contributed by atoms with E-state index in [-0.39, 0.29) is 11.7 Å². The Hall–Kier alpha value is -1.66. The van der Waals surface area contributed by atoms with Gasteiger partial charge in [-0.3, -0.25) is 0 Å². The van der Waals surface area contributed by atoms with E-state index in [2.05, 4.69) is 4.98 Å². The SMILES string of the molecule is CO[C@@H]1CN(c2ncccc2C(=O)O)C[C@H]1O. The molecule has 0 radical (unpaired) electrons. The molecule has 0 amide bonds. The number of anilines is 1. The molecule has 1 aromatic rings. The van der Waals surface area contributed by atoms with Crippen LogP contribution in [0.3, 0.4) is 0 Å². The molecule has 1 aliphatic rings. The van der Waals surface area contributed by atoms with Crippen LogP contribution in [0.25, 0.3) is 0 Å². The van der Waals surface area contributed by atoms with E-state index in [0.29, 0.717) is 18.9 Å². The molecule has 2 atom stereocenters. The summed E-state index contributed by atoms with van der Waals surface area (Å²) in [5.74, 6) is -0.651. The van der Waals surface area contributed by atoms with E-state index in [1.165, 1.54) is 19.4 Å². The fourth-order valence-electron chi connectivity index (χ4n) is 1.98. The van der Waals surface area contributed by atoms with Crippen molar-refractivity contribution in [1.29, 1.82) is 0 Å². The summed E-state index contributed by atoms with van der Waals surface area (Å²) in [5.41, 5.74) is 0.136. The van der Waals surface area contributed by atoms with Crippen LogP contribution >= 0.6 is 0 Å². The minimum atomic E-state index is -1.02. The summed E-state index contributed by atoms with van der Waals surface area (Å²) in [7, 11) is 1.52. The highest BCUT2D eigenvalue weighted by Gasteiger charge is 2.33. The minimum Gasteiger partial charge on any atom is -0.478 e. The van der Waals surface area contributed by atoms with Crippen molar-refractivity contribution in [2.24, 2.45) is 0 Å². The molecule has 1 fully saturated rings. The van der Waals surface area contributed by atoms with Crippen LogP contribution in [-0.4, -0.2) is 53.6 Å². The molecule has 0 aliphatic carbocycles. The number of aromatic carboxylic acids is 1. The second-order valence-electron chi connectivity index (χ2n) is 3.93. The summed E-state index contributed by atoms with van der Waals surface area (Å²) in [6.45, 7) is 0.769. The molecule has 2 N–H and O–H groups in total. The number of aromatic nitrogens is 1. The van der Waals surface area contributed by atoms with Crippen molar-refractivity contribution in [2.75, 3.05) is 25.1 Å². The summed E-state index contributed by atoms with van der Waals surface area (Å²) in [5, 5.41) is 18.8. The zero-order valence-electron chi connectivity index (χ0n) is 9.41. The molecule has 92 valence electrons. The number of aliphatic hydroxyl groups is 1. The van der Waals surface area contributed by atoms with E-state index in [0.717, 1.165) is 0 Å². The summed E-state index contributed by atoms with van der Waals surface area (Å²) in [6.07, 6.45) is 0.608. The fourth-order valence-corrected chi connectivity index (χ4v) is 1.98. The van der Waals surface area contributed by atoms with Gasteiger partial charge in [-0.2, -0.15) is 0 Å². The summed E-state index contributed by atoms with van der Waals surface area (Å²) in [4.78, 5) is 16.8. The van der Waals surface area contributed by atoms with E-state index in [1.54, 1.807) is 11.0 Å². The van der Waals surface area contributed by atoms with Gasteiger partial charge in [0.15, 0.2) is 0 Å². The second kappa shape index (κ2) is 4.68. The largest absolute Gasteiger partial charge is 0.478 e. The molecular weight excluding hydrogens is 224 g/mol. The van der Waals surface area contributed by atoms with Gasteiger partial charge in [-0.1, -0.05) is 0 Å². The number of pyridine rings is 1. The lowest BCUT2D eigenvalue weighted by Crippen LogP contribution is -2.25. The topological polar surface area (TPSA) is 82.9 Å². The van der Waals surface area contributed by atoms with Crippen LogP contribution in [0.5, 0.6) is 0 Å². The van der Waals surface area contributed by atoms with Crippen molar-refractivity contribution in [3.8, 4) is 0 Å². The Labute approximate surface area is 98.5 Å². The quantitative estimate of drug-likeness (QED) is 0.769. The number of carbonyl (C=O) groups is 1. The Bertz CT molecular complexity index is 424. The van der Waals surface area contributed by atoms with Crippen LogP contribution in [0.15, 0.2) is 18.3 Å². The van der Waals surface area contributed by atoms with Crippen molar-refractivity contribution in [3.63, 3.8) is 0 Å². The Morgan fingerprint density at radius 1 is 1.59 bits per heavy atom. The van der Waals surface area contributed by atoms with Gasteiger partial charge in [0.25, 0.3) is 0 Å². The maximum absolute atomic E-state index is 11.1. The standard InChI is InChI=1S/C11H14N2O4/c1-17-9-6-13(5-8(9)14)10-7(11(15)16)3-2-4-12-10/h2-4,8-9,14H,5-6H2,1H3,(H,15,16)/t8-,9-/m1/s1. The van der Waals surface area contributed by atoms with Crippen LogP contribution in [0.2, 0.25) is 0 Å². The first-order chi connectivity index (χ1) is 8.13. The molecule has 1 aliphatic heterocycles. The minimum absolute atomic E-state index is 0.136. The molecule has 6 heteroatoms. The molecule has 1 saturated heterocycles. The number of hydrogen-bond acceptors (Lipinski definition) is 5. The number of ether oxygens (including phenoxy) is 1. The number of rotatable bonds is 3. The van der Waals surface area contributed by atoms with E-state index < -0.39 is 12.1 Å². The average Bonchev–Trinajstić information content (AvgIpc) is 2.70. The van der Waals surface area contributed by atoms with E-state index >= 15 is 0 Å². The zero-order chi connectivity index (χ0) is 12.4. The van der Waals surface area contributed by atoms with Crippen molar-refractivity contribution in [2.45, 2.75) is 12.2 Å². The summed E-state index contributed by atoms with van der Waals surface area (Å²) < 4.78 is 5.11. The van der Waals surface area contributed by atoms with Crippen molar-refractivity contribution in [3.05, 3.63) is 23.9 Å². The first kappa shape index (κ1) is 11.8. The fraction of sp³-hybridized carbons (Fsp3) is 0.455. The highest BCUT2D eigenvalue weighted by molar-refractivity contribution is 5.93. The predicted molar refractivity (Wildman–Crippen MR) is 60.2 cm³/mol. The number of methoxy groups -OCH3 is 1. The molecular formula is C11H14N2O4. The van der Waals surface area contributed by atoms with Gasteiger partial charge in [-0.05, 0) is 12.1 Å². The molecule has 0 saturated carbocycles. The van der Waals surface area contributed by atoms with Gasteiger partial charge in [0.05, 0.1) is 6.10 Å². The first-order valence-electron chi connectivity index (χ1n) is 5.27. The number of nitrogens with zero attached hydrogens (tertiary/aromatic N) is 2. The molecule has 0 unspecified atom stereocenters. The van der Waals surface area contributed by atoms with Crippen molar-refractivity contribution in [1.82, 2.24) is 4.98 Å². The van der Waals surface area contributed by atoms with E-state index in [9.17, 15) is 9.90 Å². The number of carboxylic acid groups (broad SMARTS) is 1. The smallest absolute Gasteiger partial charge is 0.339 e. The maximum atomic E-state index is 11.1. The van der Waals surface area contributed by atoms with Crippen LogP contribution < -0.4 is 4.90 Å². The lowest BCUT2D eigenvalue weighted by Gasteiger charge is -2.18. The molecule has 1 aromatic heterocycles. The van der Waals surface area contributed by atoms with Crippen LogP contribution in [-0.2, 0) is 4.74 Å². The third kappa shape index (κ3) is 2.22. The maximum Gasteiger partial charge on any atom is 0.339 e. The average molecular weight is 238 g/mol. The lowest BCUT2D eigenvalue weighted by molar-refractivity contribution is 0.0217. The molecule has 0 spiro atoms. The molecule has 2 heterocycles. The molecule has 6 nitrogen and oxygen atoms in total. The van der Waals surface area contributed by atoms with Gasteiger partial charge in [-0.15, -0.1) is 0 Å². The van der Waals surface area contributed by atoms with Gasteiger partial charge >= 0.3 is 5.97 Å². The van der Waals surface area contributed by atoms with Gasteiger partial charge in [0.2, 0.25) is 0 Å².